The fraction of sp³-hybridized carbons (Fsp3) is 0.200. The lowest BCUT2D eigenvalue weighted by Crippen LogP contribution is -2.19. The van der Waals surface area contributed by atoms with Crippen LogP contribution in [0, 0.1) is 13.8 Å². The van der Waals surface area contributed by atoms with Crippen LogP contribution in [0.2, 0.25) is 0 Å². The molecule has 0 aliphatic rings. The number of anilines is 1. The van der Waals surface area contributed by atoms with Crippen LogP contribution in [0.1, 0.15) is 29.8 Å². The predicted octanol–water partition coefficient (Wildman–Crippen LogP) is 5.39. The molecule has 0 spiro atoms. The Hall–Kier alpha value is -3.60. The van der Waals surface area contributed by atoms with Gasteiger partial charge >= 0.3 is 0 Å². The zero-order chi connectivity index (χ0) is 21.3. The van der Waals surface area contributed by atoms with Crippen LogP contribution in [0.15, 0.2) is 66.7 Å². The summed E-state index contributed by atoms with van der Waals surface area (Å²) in [6.45, 7) is 5.80. The second kappa shape index (κ2) is 8.03. The smallest absolute Gasteiger partial charge is 0.231 e. The molecule has 0 fully saturated rings. The first-order valence-electron chi connectivity index (χ1n) is 9.98. The van der Waals surface area contributed by atoms with E-state index in [1.54, 1.807) is 7.11 Å². The number of hydrogen-bond donors (Lipinski definition) is 1. The highest BCUT2D eigenvalue weighted by Gasteiger charge is 2.20. The van der Waals surface area contributed by atoms with E-state index in [1.807, 2.05) is 86.1 Å². The van der Waals surface area contributed by atoms with Gasteiger partial charge in [0.05, 0.1) is 35.8 Å². The van der Waals surface area contributed by atoms with Crippen molar-refractivity contribution in [2.45, 2.75) is 26.7 Å². The standard InChI is InChI=1S/C25H25N3O2/c1-16(19-10-11-21-15-23(30-4)13-12-20(21)14-19)25(29)26-24-17(2)27-28(18(24)3)22-8-6-5-7-9-22/h5-16H,1-4H3,(H,26,29)/t16-/m0/s1. The average Bonchev–Trinajstić information content (AvgIpc) is 3.06. The Kier molecular flexibility index (Phi) is 5.27. The number of aryl methyl sites for hydroxylation is 1. The minimum Gasteiger partial charge on any atom is -0.497 e. The number of rotatable bonds is 5. The maximum atomic E-state index is 13.0. The van der Waals surface area contributed by atoms with Gasteiger partial charge < -0.3 is 10.1 Å². The largest absolute Gasteiger partial charge is 0.497 e. The maximum Gasteiger partial charge on any atom is 0.231 e. The lowest BCUT2D eigenvalue weighted by Gasteiger charge is -2.14. The average molecular weight is 399 g/mol. The normalized spacial score (nSPS) is 12.0. The molecule has 5 nitrogen and oxygen atoms in total. The van der Waals surface area contributed by atoms with Crippen molar-refractivity contribution in [3.63, 3.8) is 0 Å². The first kappa shape index (κ1) is 19.7. The number of benzene rings is 3. The van der Waals surface area contributed by atoms with Crippen molar-refractivity contribution in [1.29, 1.82) is 0 Å². The molecular formula is C25H25N3O2. The Morgan fingerprint density at radius 3 is 2.43 bits per heavy atom. The summed E-state index contributed by atoms with van der Waals surface area (Å²) in [6.07, 6.45) is 0. The lowest BCUT2D eigenvalue weighted by atomic mass is 9.97. The number of carbonyl (C=O) groups is 1. The van der Waals surface area contributed by atoms with Crippen molar-refractivity contribution in [2.75, 3.05) is 12.4 Å². The highest BCUT2D eigenvalue weighted by Crippen LogP contribution is 2.28. The zero-order valence-electron chi connectivity index (χ0n) is 17.6. The van der Waals surface area contributed by atoms with Gasteiger partial charge in [-0.1, -0.05) is 42.5 Å². The van der Waals surface area contributed by atoms with E-state index in [9.17, 15) is 4.79 Å². The Morgan fingerprint density at radius 1 is 1.00 bits per heavy atom. The highest BCUT2D eigenvalue weighted by molar-refractivity contribution is 5.97. The fourth-order valence-corrected chi connectivity index (χ4v) is 3.67. The molecule has 1 N–H and O–H groups in total. The van der Waals surface area contributed by atoms with Crippen molar-refractivity contribution in [1.82, 2.24) is 9.78 Å². The second-order valence-corrected chi connectivity index (χ2v) is 7.48. The molecule has 0 unspecified atom stereocenters. The number of nitrogens with zero attached hydrogens (tertiary/aromatic N) is 2. The van der Waals surface area contributed by atoms with E-state index in [0.29, 0.717) is 0 Å². The summed E-state index contributed by atoms with van der Waals surface area (Å²) in [7, 11) is 1.66. The van der Waals surface area contributed by atoms with Crippen molar-refractivity contribution in [3.05, 3.63) is 83.7 Å². The van der Waals surface area contributed by atoms with Crippen LogP contribution in [-0.4, -0.2) is 22.8 Å². The fourth-order valence-electron chi connectivity index (χ4n) is 3.67. The Morgan fingerprint density at radius 2 is 1.70 bits per heavy atom. The molecule has 4 aromatic rings. The SMILES string of the molecule is COc1ccc2cc([C@H](C)C(=O)Nc3c(C)nn(-c4ccccc4)c3C)ccc2c1. The Balaban J connectivity index is 1.58. The summed E-state index contributed by atoms with van der Waals surface area (Å²) in [5.74, 6) is 0.472. The van der Waals surface area contributed by atoms with E-state index >= 15 is 0 Å². The van der Waals surface area contributed by atoms with E-state index in [-0.39, 0.29) is 11.8 Å². The Labute approximate surface area is 176 Å². The van der Waals surface area contributed by atoms with Gasteiger partial charge in [0.25, 0.3) is 0 Å². The molecule has 0 radical (unpaired) electrons. The van der Waals surface area contributed by atoms with Crippen LogP contribution in [0.3, 0.4) is 0 Å². The minimum atomic E-state index is -0.296. The third-order valence-corrected chi connectivity index (χ3v) is 5.51. The van der Waals surface area contributed by atoms with E-state index in [0.717, 1.165) is 44.8 Å². The monoisotopic (exact) mass is 399 g/mol. The molecule has 152 valence electrons. The summed E-state index contributed by atoms with van der Waals surface area (Å²) >= 11 is 0. The molecule has 1 atom stereocenters. The molecule has 0 aliphatic heterocycles. The third kappa shape index (κ3) is 3.66. The molecule has 1 heterocycles. The molecule has 0 saturated carbocycles. The van der Waals surface area contributed by atoms with Crippen molar-refractivity contribution < 1.29 is 9.53 Å². The van der Waals surface area contributed by atoms with E-state index in [1.165, 1.54) is 0 Å². The molecule has 0 bridgehead atoms. The van der Waals surface area contributed by atoms with Crippen LogP contribution >= 0.6 is 0 Å². The number of para-hydroxylation sites is 1. The van der Waals surface area contributed by atoms with Gasteiger partial charge in [-0.2, -0.15) is 5.10 Å². The first-order valence-corrected chi connectivity index (χ1v) is 9.98. The van der Waals surface area contributed by atoms with Gasteiger partial charge in [0.1, 0.15) is 5.75 Å². The molecule has 5 heteroatoms. The van der Waals surface area contributed by atoms with Crippen LogP contribution in [-0.2, 0) is 4.79 Å². The highest BCUT2D eigenvalue weighted by atomic mass is 16.5. The van der Waals surface area contributed by atoms with Gasteiger partial charge in [-0.15, -0.1) is 0 Å². The molecule has 1 aromatic heterocycles. The summed E-state index contributed by atoms with van der Waals surface area (Å²) in [5.41, 5.74) is 4.40. The zero-order valence-corrected chi connectivity index (χ0v) is 17.6. The number of ether oxygens (including phenoxy) is 1. The molecule has 4 rings (SSSR count). The molecule has 0 saturated heterocycles. The van der Waals surface area contributed by atoms with E-state index in [4.69, 9.17) is 4.74 Å². The Bertz CT molecular complexity index is 1210. The van der Waals surface area contributed by atoms with Gasteiger partial charge in [0.15, 0.2) is 0 Å². The van der Waals surface area contributed by atoms with E-state index < -0.39 is 0 Å². The summed E-state index contributed by atoms with van der Waals surface area (Å²) in [4.78, 5) is 13.0. The van der Waals surface area contributed by atoms with Crippen LogP contribution in [0.5, 0.6) is 5.75 Å². The summed E-state index contributed by atoms with van der Waals surface area (Å²) < 4.78 is 7.15. The van der Waals surface area contributed by atoms with Crippen molar-refractivity contribution >= 4 is 22.4 Å². The molecule has 30 heavy (non-hydrogen) atoms. The predicted molar refractivity (Wildman–Crippen MR) is 121 cm³/mol. The molecule has 1 amide bonds. The van der Waals surface area contributed by atoms with Crippen molar-refractivity contribution in [3.8, 4) is 11.4 Å². The number of methoxy groups -OCH3 is 1. The van der Waals surface area contributed by atoms with Crippen LogP contribution < -0.4 is 10.1 Å². The number of aromatic nitrogens is 2. The van der Waals surface area contributed by atoms with Gasteiger partial charge in [0.2, 0.25) is 5.91 Å². The maximum absolute atomic E-state index is 13.0. The number of amides is 1. The van der Waals surface area contributed by atoms with Gasteiger partial charge in [-0.3, -0.25) is 4.79 Å². The van der Waals surface area contributed by atoms with Crippen LogP contribution in [0.4, 0.5) is 5.69 Å². The van der Waals surface area contributed by atoms with Gasteiger partial charge in [-0.25, -0.2) is 4.68 Å². The summed E-state index contributed by atoms with van der Waals surface area (Å²) in [6, 6.07) is 21.9. The molecular weight excluding hydrogens is 374 g/mol. The van der Waals surface area contributed by atoms with Crippen LogP contribution in [0.25, 0.3) is 16.5 Å². The number of fused-ring (bicyclic) bond motifs is 1. The van der Waals surface area contributed by atoms with Crippen molar-refractivity contribution in [2.24, 2.45) is 0 Å². The topological polar surface area (TPSA) is 56.1 Å². The quantitative estimate of drug-likeness (QED) is 0.489. The third-order valence-electron chi connectivity index (χ3n) is 5.51. The molecule has 3 aromatic carbocycles. The minimum absolute atomic E-state index is 0.0540. The lowest BCUT2D eigenvalue weighted by molar-refractivity contribution is -0.117. The first-order chi connectivity index (χ1) is 14.5. The number of nitrogens with one attached hydrogen (secondary N) is 1. The summed E-state index contributed by atoms with van der Waals surface area (Å²) in [5, 5.41) is 9.87. The van der Waals surface area contributed by atoms with Gasteiger partial charge in [0, 0.05) is 0 Å². The number of hydrogen-bond acceptors (Lipinski definition) is 3. The second-order valence-electron chi connectivity index (χ2n) is 7.48. The van der Waals surface area contributed by atoms with Gasteiger partial charge in [-0.05, 0) is 61.4 Å². The number of carbonyl (C=O) groups excluding carboxylic acids is 1. The van der Waals surface area contributed by atoms with E-state index in [2.05, 4.69) is 16.5 Å². The molecule has 0 aliphatic carbocycles.